The summed E-state index contributed by atoms with van der Waals surface area (Å²) in [6.45, 7) is 7.69. The van der Waals surface area contributed by atoms with E-state index in [2.05, 4.69) is 5.32 Å². The molecule has 21 heavy (non-hydrogen) atoms. The highest BCUT2D eigenvalue weighted by Crippen LogP contribution is 2.19. The van der Waals surface area contributed by atoms with Crippen molar-refractivity contribution in [1.29, 1.82) is 0 Å². The minimum Gasteiger partial charge on any atom is -0.378 e. The normalized spacial score (nSPS) is 14.0. The number of hydrogen-bond acceptors (Lipinski definition) is 3. The predicted octanol–water partition coefficient (Wildman–Crippen LogP) is 2.47. The molecule has 1 aliphatic heterocycles. The van der Waals surface area contributed by atoms with Gasteiger partial charge >= 0.3 is 11.8 Å². The summed E-state index contributed by atoms with van der Waals surface area (Å²) >= 11 is 5.96. The molecular weight excluding hydrogens is 292 g/mol. The Balaban J connectivity index is 0.00000106. The molecule has 1 heterocycles. The topological polar surface area (TPSA) is 58.6 Å². The molecule has 0 aliphatic carbocycles. The second-order valence-electron chi connectivity index (χ2n) is 4.32. The number of nitrogens with one attached hydrogen (secondary N) is 1. The number of halogens is 1. The predicted molar refractivity (Wildman–Crippen MR) is 83.6 cm³/mol. The molecule has 6 heteroatoms. The number of morpholine rings is 1. The molecule has 0 bridgehead atoms. The molecule has 1 aliphatic rings. The third-order valence-electron chi connectivity index (χ3n) is 2.92. The summed E-state index contributed by atoms with van der Waals surface area (Å²) < 4.78 is 5.13. The summed E-state index contributed by atoms with van der Waals surface area (Å²) in [5, 5.41) is 3.10. The van der Waals surface area contributed by atoms with Crippen molar-refractivity contribution in [3.63, 3.8) is 0 Å². The Bertz CT molecular complexity index is 500. The van der Waals surface area contributed by atoms with Crippen molar-refractivity contribution in [3.05, 3.63) is 28.8 Å². The van der Waals surface area contributed by atoms with Gasteiger partial charge in [-0.15, -0.1) is 0 Å². The fraction of sp³-hybridized carbons (Fsp3) is 0.467. The van der Waals surface area contributed by atoms with E-state index in [1.54, 1.807) is 18.2 Å². The van der Waals surface area contributed by atoms with Crippen LogP contribution in [0.2, 0.25) is 5.02 Å². The maximum atomic E-state index is 11.9. The molecule has 0 saturated carbocycles. The van der Waals surface area contributed by atoms with Gasteiger partial charge in [0.25, 0.3) is 0 Å². The van der Waals surface area contributed by atoms with Crippen LogP contribution in [0.5, 0.6) is 0 Å². The first-order chi connectivity index (χ1) is 10.1. The van der Waals surface area contributed by atoms with Crippen molar-refractivity contribution in [2.24, 2.45) is 0 Å². The largest absolute Gasteiger partial charge is 0.378 e. The lowest BCUT2D eigenvalue weighted by Gasteiger charge is -2.26. The van der Waals surface area contributed by atoms with Gasteiger partial charge in [-0.3, -0.25) is 9.59 Å². The van der Waals surface area contributed by atoms with Gasteiger partial charge in [-0.05, 0) is 24.6 Å². The van der Waals surface area contributed by atoms with Gasteiger partial charge in [0.1, 0.15) is 0 Å². The number of aryl methyl sites for hydroxylation is 1. The summed E-state index contributed by atoms with van der Waals surface area (Å²) in [5.41, 5.74) is 1.43. The minimum absolute atomic E-state index is 0.445. The van der Waals surface area contributed by atoms with Gasteiger partial charge < -0.3 is 15.0 Å². The molecule has 1 aromatic carbocycles. The van der Waals surface area contributed by atoms with Crippen molar-refractivity contribution in [2.75, 3.05) is 31.6 Å². The highest BCUT2D eigenvalue weighted by Gasteiger charge is 2.23. The number of amides is 2. The smallest absolute Gasteiger partial charge is 0.313 e. The molecule has 5 nitrogen and oxygen atoms in total. The van der Waals surface area contributed by atoms with Crippen molar-refractivity contribution in [3.8, 4) is 0 Å². The third-order valence-corrected chi connectivity index (χ3v) is 3.33. The van der Waals surface area contributed by atoms with Gasteiger partial charge in [-0.1, -0.05) is 31.5 Å². The fourth-order valence-electron chi connectivity index (χ4n) is 1.77. The number of carbonyl (C=O) groups is 2. The van der Waals surface area contributed by atoms with Crippen molar-refractivity contribution in [1.82, 2.24) is 4.90 Å². The van der Waals surface area contributed by atoms with Gasteiger partial charge in [-0.2, -0.15) is 0 Å². The molecule has 1 fully saturated rings. The van der Waals surface area contributed by atoms with E-state index in [0.29, 0.717) is 37.0 Å². The highest BCUT2D eigenvalue weighted by molar-refractivity contribution is 6.39. The van der Waals surface area contributed by atoms with E-state index < -0.39 is 11.8 Å². The number of rotatable bonds is 1. The van der Waals surface area contributed by atoms with Crippen LogP contribution in [0.1, 0.15) is 19.4 Å². The van der Waals surface area contributed by atoms with Crippen LogP contribution < -0.4 is 5.32 Å². The molecule has 1 aromatic rings. The summed E-state index contributed by atoms with van der Waals surface area (Å²) in [7, 11) is 0. The van der Waals surface area contributed by atoms with E-state index in [4.69, 9.17) is 16.3 Å². The Morgan fingerprint density at radius 1 is 1.24 bits per heavy atom. The minimum atomic E-state index is -0.651. The van der Waals surface area contributed by atoms with Gasteiger partial charge in [0.2, 0.25) is 0 Å². The van der Waals surface area contributed by atoms with E-state index in [-0.39, 0.29) is 0 Å². The number of carbonyl (C=O) groups excluding carboxylic acids is 2. The van der Waals surface area contributed by atoms with Crippen LogP contribution in [0, 0.1) is 6.92 Å². The van der Waals surface area contributed by atoms with E-state index in [0.717, 1.165) is 5.56 Å². The zero-order chi connectivity index (χ0) is 15.8. The van der Waals surface area contributed by atoms with Gasteiger partial charge in [0, 0.05) is 23.8 Å². The Morgan fingerprint density at radius 3 is 2.43 bits per heavy atom. The maximum absolute atomic E-state index is 11.9. The quantitative estimate of drug-likeness (QED) is 0.810. The summed E-state index contributed by atoms with van der Waals surface area (Å²) in [4.78, 5) is 25.2. The van der Waals surface area contributed by atoms with Crippen LogP contribution >= 0.6 is 11.6 Å². The molecule has 0 unspecified atom stereocenters. The number of anilines is 1. The summed E-state index contributed by atoms with van der Waals surface area (Å²) in [6.07, 6.45) is 0. The first-order valence-electron chi connectivity index (χ1n) is 7.02. The lowest BCUT2D eigenvalue weighted by molar-refractivity contribution is -0.145. The Labute approximate surface area is 130 Å². The molecule has 0 aromatic heterocycles. The summed E-state index contributed by atoms with van der Waals surface area (Å²) in [5.74, 6) is -1.19. The van der Waals surface area contributed by atoms with E-state index in [1.807, 2.05) is 20.8 Å². The number of nitrogens with zero attached hydrogens (tertiary/aromatic N) is 1. The molecule has 2 amide bonds. The van der Waals surface area contributed by atoms with Crippen LogP contribution in [0.25, 0.3) is 0 Å². The molecule has 2 rings (SSSR count). The lowest BCUT2D eigenvalue weighted by atomic mass is 10.2. The van der Waals surface area contributed by atoms with Crippen LogP contribution in [0.15, 0.2) is 18.2 Å². The molecule has 1 saturated heterocycles. The number of benzene rings is 1. The van der Waals surface area contributed by atoms with Crippen LogP contribution in [-0.4, -0.2) is 43.0 Å². The van der Waals surface area contributed by atoms with E-state index in [1.165, 1.54) is 4.90 Å². The maximum Gasteiger partial charge on any atom is 0.313 e. The van der Waals surface area contributed by atoms with Crippen LogP contribution in [0.3, 0.4) is 0 Å². The molecule has 0 radical (unpaired) electrons. The average Bonchev–Trinajstić information content (AvgIpc) is 2.53. The van der Waals surface area contributed by atoms with Gasteiger partial charge in [0.05, 0.1) is 13.2 Å². The lowest BCUT2D eigenvalue weighted by Crippen LogP contribution is -2.45. The Morgan fingerprint density at radius 2 is 1.86 bits per heavy atom. The van der Waals surface area contributed by atoms with E-state index in [9.17, 15) is 9.59 Å². The van der Waals surface area contributed by atoms with Crippen LogP contribution in [-0.2, 0) is 14.3 Å². The number of ether oxygens (including phenoxy) is 1. The van der Waals surface area contributed by atoms with Crippen LogP contribution in [0.4, 0.5) is 5.69 Å². The second-order valence-corrected chi connectivity index (χ2v) is 4.73. The molecular formula is C15H21ClN2O3. The highest BCUT2D eigenvalue weighted by atomic mass is 35.5. The second kappa shape index (κ2) is 8.64. The van der Waals surface area contributed by atoms with E-state index >= 15 is 0 Å². The average molecular weight is 313 g/mol. The molecule has 1 N–H and O–H groups in total. The fourth-order valence-corrected chi connectivity index (χ4v) is 1.95. The standard InChI is InChI=1S/C13H15ClN2O3.C2H6/c1-9-2-3-10(8-11(9)14)15-12(17)13(18)16-4-6-19-7-5-16;1-2/h2-3,8H,4-7H2,1H3,(H,15,17);1-2H3. The zero-order valence-corrected chi connectivity index (χ0v) is 13.4. The SMILES string of the molecule is CC.Cc1ccc(NC(=O)C(=O)N2CCOCC2)cc1Cl. The summed E-state index contributed by atoms with van der Waals surface area (Å²) in [6, 6.07) is 5.13. The van der Waals surface area contributed by atoms with Crippen molar-refractivity contribution < 1.29 is 14.3 Å². The van der Waals surface area contributed by atoms with Gasteiger partial charge in [0.15, 0.2) is 0 Å². The zero-order valence-electron chi connectivity index (χ0n) is 12.6. The number of hydrogen-bond donors (Lipinski definition) is 1. The first kappa shape index (κ1) is 17.5. The third kappa shape index (κ3) is 5.02. The van der Waals surface area contributed by atoms with Crippen molar-refractivity contribution >= 4 is 29.1 Å². The monoisotopic (exact) mass is 312 g/mol. The Kier molecular flexibility index (Phi) is 7.19. The molecule has 0 spiro atoms. The van der Waals surface area contributed by atoms with Crippen molar-refractivity contribution in [2.45, 2.75) is 20.8 Å². The van der Waals surface area contributed by atoms with Gasteiger partial charge in [-0.25, -0.2) is 0 Å². The molecule has 0 atom stereocenters. The first-order valence-corrected chi connectivity index (χ1v) is 7.40. The molecule has 116 valence electrons. The Hall–Kier alpha value is -1.59.